The smallest absolute Gasteiger partial charge is 0.321 e. The van der Waals surface area contributed by atoms with E-state index in [0.717, 1.165) is 30.9 Å². The SMILES string of the molecule is COc1ccccc1CN1CCN(C(=O)Nc2ccccc2C#N)CC1. The van der Waals surface area contributed by atoms with Crippen molar-refractivity contribution < 1.29 is 9.53 Å². The van der Waals surface area contributed by atoms with Gasteiger partial charge in [-0.1, -0.05) is 30.3 Å². The zero-order valence-electron chi connectivity index (χ0n) is 14.8. The Morgan fingerprint density at radius 2 is 1.81 bits per heavy atom. The third kappa shape index (κ3) is 4.13. The number of methoxy groups -OCH3 is 1. The van der Waals surface area contributed by atoms with Crippen LogP contribution in [0.25, 0.3) is 0 Å². The van der Waals surface area contributed by atoms with Gasteiger partial charge in [-0.25, -0.2) is 4.79 Å². The second-order valence-electron chi connectivity index (χ2n) is 6.16. The summed E-state index contributed by atoms with van der Waals surface area (Å²) in [5, 5.41) is 12.0. The zero-order chi connectivity index (χ0) is 18.4. The molecule has 6 heteroatoms. The second-order valence-corrected chi connectivity index (χ2v) is 6.16. The van der Waals surface area contributed by atoms with Gasteiger partial charge in [-0.05, 0) is 18.2 Å². The fourth-order valence-electron chi connectivity index (χ4n) is 3.07. The fourth-order valence-corrected chi connectivity index (χ4v) is 3.07. The van der Waals surface area contributed by atoms with Gasteiger partial charge in [0.2, 0.25) is 0 Å². The number of carbonyl (C=O) groups excluding carboxylic acids is 1. The second kappa shape index (κ2) is 8.37. The lowest BCUT2D eigenvalue weighted by molar-refractivity contribution is 0.142. The highest BCUT2D eigenvalue weighted by Crippen LogP contribution is 2.20. The minimum Gasteiger partial charge on any atom is -0.496 e. The molecule has 3 rings (SSSR count). The van der Waals surface area contributed by atoms with Gasteiger partial charge >= 0.3 is 6.03 Å². The maximum absolute atomic E-state index is 12.5. The fraction of sp³-hybridized carbons (Fsp3) is 0.300. The average Bonchev–Trinajstić information content (AvgIpc) is 2.69. The minimum absolute atomic E-state index is 0.162. The molecule has 2 amide bonds. The third-order valence-electron chi connectivity index (χ3n) is 4.54. The van der Waals surface area contributed by atoms with Crippen molar-refractivity contribution in [1.82, 2.24) is 9.80 Å². The lowest BCUT2D eigenvalue weighted by Gasteiger charge is -2.35. The molecule has 26 heavy (non-hydrogen) atoms. The van der Waals surface area contributed by atoms with Crippen LogP contribution in [-0.4, -0.2) is 49.1 Å². The normalized spacial score (nSPS) is 14.5. The summed E-state index contributed by atoms with van der Waals surface area (Å²) in [7, 11) is 1.68. The van der Waals surface area contributed by atoms with E-state index in [1.165, 1.54) is 0 Å². The van der Waals surface area contributed by atoms with Gasteiger partial charge in [0.15, 0.2) is 0 Å². The molecule has 0 radical (unpaired) electrons. The van der Waals surface area contributed by atoms with E-state index in [1.54, 1.807) is 30.2 Å². The Morgan fingerprint density at radius 3 is 2.54 bits per heavy atom. The summed E-state index contributed by atoms with van der Waals surface area (Å²) in [5.41, 5.74) is 2.17. The first-order valence-corrected chi connectivity index (χ1v) is 8.60. The molecular formula is C20H22N4O2. The molecule has 0 saturated carbocycles. The number of ether oxygens (including phenoxy) is 1. The first kappa shape index (κ1) is 17.8. The summed E-state index contributed by atoms with van der Waals surface area (Å²) in [4.78, 5) is 16.6. The molecule has 0 aliphatic carbocycles. The van der Waals surface area contributed by atoms with Crippen LogP contribution >= 0.6 is 0 Å². The van der Waals surface area contributed by atoms with E-state index < -0.39 is 0 Å². The molecule has 0 bridgehead atoms. The first-order valence-electron chi connectivity index (χ1n) is 8.60. The predicted octanol–water partition coefficient (Wildman–Crippen LogP) is 2.92. The van der Waals surface area contributed by atoms with Gasteiger partial charge in [0.1, 0.15) is 11.8 Å². The van der Waals surface area contributed by atoms with Gasteiger partial charge in [0, 0.05) is 38.3 Å². The quantitative estimate of drug-likeness (QED) is 0.920. The van der Waals surface area contributed by atoms with E-state index in [1.807, 2.05) is 24.3 Å². The van der Waals surface area contributed by atoms with Gasteiger partial charge in [0.05, 0.1) is 18.4 Å². The van der Waals surface area contributed by atoms with Crippen LogP contribution in [0.4, 0.5) is 10.5 Å². The van der Waals surface area contributed by atoms with Gasteiger partial charge < -0.3 is 15.0 Å². The van der Waals surface area contributed by atoms with Crippen LogP contribution in [0.5, 0.6) is 5.75 Å². The summed E-state index contributed by atoms with van der Waals surface area (Å²) in [6, 6.07) is 17.0. The standard InChI is InChI=1S/C20H22N4O2/c1-26-19-9-5-3-7-17(19)15-23-10-12-24(13-11-23)20(25)22-18-8-4-2-6-16(18)14-21/h2-9H,10-13,15H2,1H3,(H,22,25). The molecule has 134 valence electrons. The largest absolute Gasteiger partial charge is 0.496 e. The van der Waals surface area contributed by atoms with Crippen molar-refractivity contribution in [2.24, 2.45) is 0 Å². The van der Waals surface area contributed by atoms with E-state index in [4.69, 9.17) is 10.00 Å². The maximum Gasteiger partial charge on any atom is 0.321 e. The maximum atomic E-state index is 12.5. The number of carbonyl (C=O) groups is 1. The lowest BCUT2D eigenvalue weighted by Crippen LogP contribution is -2.49. The predicted molar refractivity (Wildman–Crippen MR) is 100 cm³/mol. The average molecular weight is 350 g/mol. The Balaban J connectivity index is 1.55. The summed E-state index contributed by atoms with van der Waals surface area (Å²) >= 11 is 0. The monoisotopic (exact) mass is 350 g/mol. The van der Waals surface area contributed by atoms with E-state index >= 15 is 0 Å². The van der Waals surface area contributed by atoms with Gasteiger partial charge in [-0.2, -0.15) is 5.26 Å². The minimum atomic E-state index is -0.162. The number of nitriles is 1. The molecule has 0 spiro atoms. The van der Waals surface area contributed by atoms with Crippen molar-refractivity contribution in [3.8, 4) is 11.8 Å². The highest BCUT2D eigenvalue weighted by Gasteiger charge is 2.22. The molecule has 1 N–H and O–H groups in total. The Hall–Kier alpha value is -3.04. The molecular weight excluding hydrogens is 328 g/mol. The highest BCUT2D eigenvalue weighted by atomic mass is 16.5. The number of nitrogens with one attached hydrogen (secondary N) is 1. The first-order chi connectivity index (χ1) is 12.7. The molecule has 2 aromatic carbocycles. The number of urea groups is 1. The number of hydrogen-bond acceptors (Lipinski definition) is 4. The molecule has 0 unspecified atom stereocenters. The van der Waals surface area contributed by atoms with Crippen LogP contribution in [0.15, 0.2) is 48.5 Å². The molecule has 0 atom stereocenters. The number of rotatable bonds is 4. The van der Waals surface area contributed by atoms with Crippen LogP contribution in [0.3, 0.4) is 0 Å². The van der Waals surface area contributed by atoms with Crippen LogP contribution in [0, 0.1) is 11.3 Å². The number of piperazine rings is 1. The summed E-state index contributed by atoms with van der Waals surface area (Å²) in [6.45, 7) is 3.69. The Labute approximate surface area is 153 Å². The van der Waals surface area contributed by atoms with Gasteiger partial charge in [-0.3, -0.25) is 4.90 Å². The van der Waals surface area contributed by atoms with Crippen molar-refractivity contribution in [3.05, 3.63) is 59.7 Å². The molecule has 1 heterocycles. The van der Waals surface area contributed by atoms with Crippen molar-refractivity contribution in [2.75, 3.05) is 38.6 Å². The van der Waals surface area contributed by atoms with Crippen molar-refractivity contribution in [2.45, 2.75) is 6.54 Å². The molecule has 2 aromatic rings. The molecule has 1 saturated heterocycles. The van der Waals surface area contributed by atoms with Crippen molar-refractivity contribution in [3.63, 3.8) is 0 Å². The Bertz CT molecular complexity index is 807. The van der Waals surface area contributed by atoms with Crippen molar-refractivity contribution in [1.29, 1.82) is 5.26 Å². The van der Waals surface area contributed by atoms with Gasteiger partial charge in [-0.15, -0.1) is 0 Å². The van der Waals surface area contributed by atoms with E-state index in [2.05, 4.69) is 22.4 Å². The molecule has 0 aromatic heterocycles. The topological polar surface area (TPSA) is 68.6 Å². The molecule has 1 aliphatic rings. The Morgan fingerprint density at radius 1 is 1.12 bits per heavy atom. The number of hydrogen-bond donors (Lipinski definition) is 1. The number of amides is 2. The number of benzene rings is 2. The van der Waals surface area contributed by atoms with Crippen LogP contribution in [0.1, 0.15) is 11.1 Å². The zero-order valence-corrected chi connectivity index (χ0v) is 14.8. The number of anilines is 1. The molecule has 1 fully saturated rings. The summed E-state index contributed by atoms with van der Waals surface area (Å²) in [6.07, 6.45) is 0. The highest BCUT2D eigenvalue weighted by molar-refractivity contribution is 5.90. The van der Waals surface area contributed by atoms with Gasteiger partial charge in [0.25, 0.3) is 0 Å². The van der Waals surface area contributed by atoms with E-state index in [0.29, 0.717) is 24.3 Å². The molecule has 1 aliphatic heterocycles. The summed E-state index contributed by atoms with van der Waals surface area (Å²) < 4.78 is 5.41. The van der Waals surface area contributed by atoms with Crippen LogP contribution in [0.2, 0.25) is 0 Å². The van der Waals surface area contributed by atoms with E-state index in [9.17, 15) is 4.79 Å². The number of nitrogens with zero attached hydrogens (tertiary/aromatic N) is 3. The van der Waals surface area contributed by atoms with Crippen molar-refractivity contribution >= 4 is 11.7 Å². The lowest BCUT2D eigenvalue weighted by atomic mass is 10.1. The summed E-state index contributed by atoms with van der Waals surface area (Å²) in [5.74, 6) is 0.890. The van der Waals surface area contributed by atoms with E-state index in [-0.39, 0.29) is 6.03 Å². The Kier molecular flexibility index (Phi) is 5.72. The van der Waals surface area contributed by atoms with Crippen LogP contribution in [-0.2, 0) is 6.54 Å². The third-order valence-corrected chi connectivity index (χ3v) is 4.54. The van der Waals surface area contributed by atoms with Crippen LogP contribution < -0.4 is 10.1 Å². The number of para-hydroxylation sites is 2. The molecule has 6 nitrogen and oxygen atoms in total.